The number of nitrogens with one attached hydrogen (secondary N) is 2. The van der Waals surface area contributed by atoms with Crippen molar-refractivity contribution in [1.82, 2.24) is 10.2 Å². The van der Waals surface area contributed by atoms with Crippen LogP contribution in [0.4, 0.5) is 10.5 Å². The van der Waals surface area contributed by atoms with Gasteiger partial charge in [-0.2, -0.15) is 8.42 Å². The van der Waals surface area contributed by atoms with Crippen molar-refractivity contribution in [2.75, 3.05) is 25.5 Å². The summed E-state index contributed by atoms with van der Waals surface area (Å²) >= 11 is 0. The molecule has 1 fully saturated rings. The summed E-state index contributed by atoms with van der Waals surface area (Å²) < 4.78 is 35.7. The number of aryl methyl sites for hydroxylation is 1. The molecule has 2 amide bonds. The van der Waals surface area contributed by atoms with E-state index in [0.717, 1.165) is 67.7 Å². The zero-order valence-electron chi connectivity index (χ0n) is 22.2. The number of urea groups is 1. The van der Waals surface area contributed by atoms with E-state index in [9.17, 15) is 13.2 Å². The van der Waals surface area contributed by atoms with Gasteiger partial charge < -0.3 is 20.3 Å². The predicted octanol–water partition coefficient (Wildman–Crippen LogP) is 5.59. The average Bonchev–Trinajstić information content (AvgIpc) is 3.15. The van der Waals surface area contributed by atoms with Crippen LogP contribution in [0.15, 0.2) is 76.0 Å². The molecule has 8 nitrogen and oxygen atoms in total. The molecule has 0 bridgehead atoms. The summed E-state index contributed by atoms with van der Waals surface area (Å²) in [5.74, 6) is 1.55. The summed E-state index contributed by atoms with van der Waals surface area (Å²) in [6, 6.07) is 20.1. The molecule has 3 aromatic carbocycles. The largest absolute Gasteiger partial charge is 0.493 e. The number of likely N-dealkylation sites (tertiary alicyclic amines) is 1. The Hall–Kier alpha value is -3.85. The average molecular weight is 547 g/mol. The molecule has 0 atom stereocenters. The first-order valence-corrected chi connectivity index (χ1v) is 14.9. The number of hydrogen-bond acceptors (Lipinski definition) is 4. The molecule has 2 aliphatic heterocycles. The number of hydrogen-bond donors (Lipinski definition) is 2. The second-order valence-electron chi connectivity index (χ2n) is 10.0. The second-order valence-corrected chi connectivity index (χ2v) is 11.6. The third kappa shape index (κ3) is 6.78. The topological polar surface area (TPSA) is 100 Å². The Morgan fingerprint density at radius 2 is 1.77 bits per heavy atom. The van der Waals surface area contributed by atoms with Gasteiger partial charge in [0, 0.05) is 32.2 Å². The van der Waals surface area contributed by atoms with Crippen LogP contribution in [0.2, 0.25) is 0 Å². The molecule has 0 aromatic heterocycles. The summed E-state index contributed by atoms with van der Waals surface area (Å²) in [6.07, 6.45) is 5.72. The molecule has 3 aromatic rings. The van der Waals surface area contributed by atoms with E-state index in [1.165, 1.54) is 17.7 Å². The monoisotopic (exact) mass is 546 g/mol. The highest BCUT2D eigenvalue weighted by molar-refractivity contribution is 7.90. The first-order chi connectivity index (χ1) is 18.9. The first-order valence-electron chi connectivity index (χ1n) is 13.4. The van der Waals surface area contributed by atoms with Gasteiger partial charge >= 0.3 is 6.03 Å². The quantitative estimate of drug-likeness (QED) is 0.420. The predicted molar refractivity (Wildman–Crippen MR) is 154 cm³/mol. The van der Waals surface area contributed by atoms with Gasteiger partial charge in [-0.15, -0.1) is 4.40 Å². The van der Waals surface area contributed by atoms with Gasteiger partial charge in [-0.05, 0) is 78.3 Å². The van der Waals surface area contributed by atoms with Crippen molar-refractivity contribution in [3.8, 4) is 16.9 Å². The maximum absolute atomic E-state index is 13.0. The zero-order valence-corrected chi connectivity index (χ0v) is 23.0. The lowest BCUT2D eigenvalue weighted by Crippen LogP contribution is -2.28. The molecule has 0 radical (unpaired) electrons. The van der Waals surface area contributed by atoms with E-state index in [4.69, 9.17) is 4.74 Å². The Morgan fingerprint density at radius 3 is 2.62 bits per heavy atom. The maximum atomic E-state index is 13.0. The highest BCUT2D eigenvalue weighted by Gasteiger charge is 2.19. The van der Waals surface area contributed by atoms with E-state index in [-0.39, 0.29) is 4.90 Å². The van der Waals surface area contributed by atoms with Crippen molar-refractivity contribution in [3.05, 3.63) is 77.9 Å². The normalized spacial score (nSPS) is 16.6. The second kappa shape index (κ2) is 11.9. The molecular formula is C30H34N4O4S. The number of fused-ring (bicyclic) bond motifs is 1. The van der Waals surface area contributed by atoms with Crippen molar-refractivity contribution in [3.63, 3.8) is 0 Å². The van der Waals surface area contributed by atoms with Gasteiger partial charge in [-0.3, -0.25) is 0 Å². The minimum Gasteiger partial charge on any atom is -0.493 e. The Kier molecular flexibility index (Phi) is 8.16. The molecule has 9 heteroatoms. The number of sulfonamides is 1. The van der Waals surface area contributed by atoms with Crippen LogP contribution in [0.5, 0.6) is 5.75 Å². The zero-order chi connectivity index (χ0) is 27.2. The number of amidine groups is 1. The van der Waals surface area contributed by atoms with Crippen molar-refractivity contribution in [2.24, 2.45) is 4.40 Å². The molecule has 0 aliphatic carbocycles. The van der Waals surface area contributed by atoms with Gasteiger partial charge in [0.05, 0.1) is 11.5 Å². The van der Waals surface area contributed by atoms with E-state index >= 15 is 0 Å². The summed E-state index contributed by atoms with van der Waals surface area (Å²) in [5, 5.41) is 5.56. The standard InChI is InChI=1S/C30H34N4O4S/c1-34-17-4-2-3-10-29(34)33-39(36,37)27-9-5-8-26(20-27)32-30(35)31-21-22-11-13-23(14-12-22)24-15-16-28-25(19-24)7-6-18-38-28/h5,8-9,11-16,19-20H,2-4,6-7,10,17-18,21H2,1H3,(H2,31,32,35)/b33-29+. The smallest absolute Gasteiger partial charge is 0.319 e. The number of anilines is 1. The Bertz CT molecular complexity index is 1470. The van der Waals surface area contributed by atoms with Crippen LogP contribution in [0, 0.1) is 0 Å². The fourth-order valence-corrected chi connectivity index (χ4v) is 6.02. The maximum Gasteiger partial charge on any atom is 0.319 e. The van der Waals surface area contributed by atoms with Gasteiger partial charge in [-0.1, -0.05) is 42.8 Å². The molecule has 0 saturated carbocycles. The number of rotatable bonds is 6. The summed E-state index contributed by atoms with van der Waals surface area (Å²) in [4.78, 5) is 14.5. The number of benzene rings is 3. The fraction of sp³-hybridized carbons (Fsp3) is 0.333. The lowest BCUT2D eigenvalue weighted by Gasteiger charge is -2.18. The molecule has 2 N–H and O–H groups in total. The van der Waals surface area contributed by atoms with Gasteiger partial charge in [0.2, 0.25) is 0 Å². The molecule has 2 heterocycles. The number of carbonyl (C=O) groups excluding carboxylic acids is 1. The van der Waals surface area contributed by atoms with Crippen LogP contribution in [0.25, 0.3) is 11.1 Å². The van der Waals surface area contributed by atoms with Crippen molar-refractivity contribution >= 4 is 27.6 Å². The highest BCUT2D eigenvalue weighted by atomic mass is 32.2. The van der Waals surface area contributed by atoms with Crippen LogP contribution in [0.1, 0.15) is 43.2 Å². The fourth-order valence-electron chi connectivity index (χ4n) is 4.88. The molecule has 204 valence electrons. The number of ether oxygens (including phenoxy) is 1. The SMILES string of the molecule is CN1CCCCC/C1=N\S(=O)(=O)c1cccc(NC(=O)NCc2ccc(-c3ccc4c(c3)CCCO4)cc2)c1. The van der Waals surface area contributed by atoms with Crippen LogP contribution in [-0.4, -0.2) is 45.4 Å². The minimum atomic E-state index is -3.89. The van der Waals surface area contributed by atoms with Crippen molar-refractivity contribution in [1.29, 1.82) is 0 Å². The number of nitrogens with zero attached hydrogens (tertiary/aromatic N) is 2. The van der Waals surface area contributed by atoms with Crippen LogP contribution >= 0.6 is 0 Å². The Balaban J connectivity index is 1.19. The van der Waals surface area contributed by atoms with Crippen molar-refractivity contribution in [2.45, 2.75) is 50.0 Å². The van der Waals surface area contributed by atoms with Crippen LogP contribution < -0.4 is 15.4 Å². The third-order valence-corrected chi connectivity index (χ3v) is 8.40. The van der Waals surface area contributed by atoms with Crippen LogP contribution in [0.3, 0.4) is 0 Å². The summed E-state index contributed by atoms with van der Waals surface area (Å²) in [7, 11) is -2.01. The lowest BCUT2D eigenvalue weighted by molar-refractivity contribution is 0.251. The van der Waals surface area contributed by atoms with E-state index < -0.39 is 16.1 Å². The molecule has 39 heavy (non-hydrogen) atoms. The Morgan fingerprint density at radius 1 is 0.949 bits per heavy atom. The number of carbonyl (C=O) groups is 1. The van der Waals surface area contributed by atoms with E-state index in [1.54, 1.807) is 12.1 Å². The van der Waals surface area contributed by atoms with Crippen molar-refractivity contribution < 1.29 is 17.9 Å². The van der Waals surface area contributed by atoms with Gasteiger partial charge in [0.25, 0.3) is 10.0 Å². The van der Waals surface area contributed by atoms with Crippen LogP contribution in [-0.2, 0) is 23.0 Å². The third-order valence-electron chi connectivity index (χ3n) is 7.10. The molecule has 1 saturated heterocycles. The molecule has 0 unspecified atom stereocenters. The Labute approximate surface area is 230 Å². The van der Waals surface area contributed by atoms with E-state index in [1.807, 2.05) is 42.3 Å². The molecular weight excluding hydrogens is 512 g/mol. The molecule has 2 aliphatic rings. The lowest BCUT2D eigenvalue weighted by atomic mass is 9.98. The molecule has 5 rings (SSSR count). The molecule has 0 spiro atoms. The van der Waals surface area contributed by atoms with Gasteiger partial charge in [-0.25, -0.2) is 4.79 Å². The summed E-state index contributed by atoms with van der Waals surface area (Å²) in [5.41, 5.74) is 4.82. The number of amides is 2. The minimum absolute atomic E-state index is 0.0507. The van der Waals surface area contributed by atoms with Gasteiger partial charge in [0.15, 0.2) is 0 Å². The highest BCUT2D eigenvalue weighted by Crippen LogP contribution is 2.30. The summed E-state index contributed by atoms with van der Waals surface area (Å²) in [6.45, 7) is 1.91. The van der Waals surface area contributed by atoms with E-state index in [2.05, 4.69) is 27.2 Å². The van der Waals surface area contributed by atoms with E-state index in [0.29, 0.717) is 24.5 Å². The van der Waals surface area contributed by atoms with Gasteiger partial charge in [0.1, 0.15) is 11.6 Å². The first kappa shape index (κ1) is 26.7.